The Labute approximate surface area is 100 Å². The second kappa shape index (κ2) is 3.62. The van der Waals surface area contributed by atoms with E-state index in [4.69, 9.17) is 0 Å². The van der Waals surface area contributed by atoms with Crippen LogP contribution < -0.4 is 5.11 Å². The summed E-state index contributed by atoms with van der Waals surface area (Å²) in [6, 6.07) is 0. The number of hydrogen-bond donors (Lipinski definition) is 0. The number of carboxylic acids is 1. The molecule has 2 aliphatic rings. The first kappa shape index (κ1) is 13.2. The number of allylic oxidation sites excluding steroid dienone is 1. The van der Waals surface area contributed by atoms with Gasteiger partial charge >= 0.3 is 15.6 Å². The fourth-order valence-electron chi connectivity index (χ4n) is 2.38. The van der Waals surface area contributed by atoms with Crippen LogP contribution in [0.3, 0.4) is 0 Å². The SMILES string of the molecule is O=C([O-])C12CCC(C=C1OS(=O)(=O)C(F)(F)F)C2. The molecule has 0 aliphatic heterocycles. The van der Waals surface area contributed by atoms with Crippen molar-refractivity contribution in [1.29, 1.82) is 0 Å². The number of alkyl halides is 3. The molecular formula is C9H8F3O5S-. The van der Waals surface area contributed by atoms with E-state index >= 15 is 0 Å². The number of carbonyl (C=O) groups excluding carboxylic acids is 1. The first-order chi connectivity index (χ1) is 8.08. The van der Waals surface area contributed by atoms with Gasteiger partial charge in [-0.15, -0.1) is 0 Å². The van der Waals surface area contributed by atoms with Crippen LogP contribution in [-0.4, -0.2) is 19.9 Å². The third kappa shape index (κ3) is 1.76. The Balaban J connectivity index is 2.32. The molecule has 2 rings (SSSR count). The molecule has 2 unspecified atom stereocenters. The Kier molecular flexibility index (Phi) is 2.66. The van der Waals surface area contributed by atoms with Crippen LogP contribution in [0.5, 0.6) is 0 Å². The van der Waals surface area contributed by atoms with Crippen LogP contribution >= 0.6 is 0 Å². The zero-order valence-electron chi connectivity index (χ0n) is 8.86. The highest BCUT2D eigenvalue weighted by atomic mass is 32.2. The van der Waals surface area contributed by atoms with Crippen molar-refractivity contribution in [2.45, 2.75) is 24.8 Å². The molecule has 0 aromatic rings. The van der Waals surface area contributed by atoms with Crippen molar-refractivity contribution in [3.63, 3.8) is 0 Å². The van der Waals surface area contributed by atoms with Gasteiger partial charge in [0, 0.05) is 0 Å². The molecule has 5 nitrogen and oxygen atoms in total. The fraction of sp³-hybridized carbons (Fsp3) is 0.667. The summed E-state index contributed by atoms with van der Waals surface area (Å²) in [5.74, 6) is -2.55. The summed E-state index contributed by atoms with van der Waals surface area (Å²) in [5, 5.41) is 11.0. The smallest absolute Gasteiger partial charge is 0.534 e. The van der Waals surface area contributed by atoms with Crippen LogP contribution in [0.15, 0.2) is 11.8 Å². The highest BCUT2D eigenvalue weighted by Crippen LogP contribution is 2.54. The topological polar surface area (TPSA) is 83.5 Å². The molecule has 0 aromatic carbocycles. The number of fused-ring (bicyclic) bond motifs is 2. The molecule has 2 bridgehead atoms. The predicted molar refractivity (Wildman–Crippen MR) is 48.9 cm³/mol. The first-order valence-electron chi connectivity index (χ1n) is 5.03. The van der Waals surface area contributed by atoms with Crippen molar-refractivity contribution in [2.24, 2.45) is 11.3 Å². The summed E-state index contributed by atoms with van der Waals surface area (Å²) < 4.78 is 62.1. The maximum absolute atomic E-state index is 12.2. The Morgan fingerprint density at radius 1 is 1.50 bits per heavy atom. The van der Waals surface area contributed by atoms with E-state index in [1.807, 2.05) is 0 Å². The second-order valence-corrected chi connectivity index (χ2v) is 5.92. The Morgan fingerprint density at radius 3 is 2.56 bits per heavy atom. The van der Waals surface area contributed by atoms with E-state index in [9.17, 15) is 31.5 Å². The highest BCUT2D eigenvalue weighted by molar-refractivity contribution is 7.87. The van der Waals surface area contributed by atoms with Crippen molar-refractivity contribution in [1.82, 2.24) is 0 Å². The maximum atomic E-state index is 12.2. The zero-order valence-corrected chi connectivity index (χ0v) is 9.68. The molecule has 2 aliphatic carbocycles. The summed E-state index contributed by atoms with van der Waals surface area (Å²) in [7, 11) is -5.83. The van der Waals surface area contributed by atoms with Crippen LogP contribution in [0.2, 0.25) is 0 Å². The molecule has 18 heavy (non-hydrogen) atoms. The molecule has 1 saturated carbocycles. The van der Waals surface area contributed by atoms with E-state index in [2.05, 4.69) is 4.18 Å². The van der Waals surface area contributed by atoms with Gasteiger partial charge < -0.3 is 14.1 Å². The molecular weight excluding hydrogens is 277 g/mol. The maximum Gasteiger partial charge on any atom is 0.534 e. The van der Waals surface area contributed by atoms with Gasteiger partial charge in [-0.1, -0.05) is 0 Å². The van der Waals surface area contributed by atoms with Crippen molar-refractivity contribution in [3.8, 4) is 0 Å². The molecule has 102 valence electrons. The molecule has 2 atom stereocenters. The van der Waals surface area contributed by atoms with Crippen molar-refractivity contribution in [2.75, 3.05) is 0 Å². The lowest BCUT2D eigenvalue weighted by Crippen LogP contribution is -2.42. The molecule has 0 spiro atoms. The third-order valence-corrected chi connectivity index (χ3v) is 4.25. The van der Waals surface area contributed by atoms with Crippen molar-refractivity contribution < 1.29 is 35.7 Å². The van der Waals surface area contributed by atoms with Crippen molar-refractivity contribution in [3.05, 3.63) is 11.8 Å². The summed E-state index contributed by atoms with van der Waals surface area (Å²) in [6.07, 6.45) is 1.65. The Bertz CT molecular complexity index is 521. The number of aliphatic carboxylic acids is 1. The number of rotatable bonds is 3. The summed E-state index contributed by atoms with van der Waals surface area (Å²) in [6.45, 7) is 0. The molecule has 9 heteroatoms. The lowest BCUT2D eigenvalue weighted by atomic mass is 9.86. The molecule has 1 fully saturated rings. The average Bonchev–Trinajstić information content (AvgIpc) is 2.73. The molecule has 0 aromatic heterocycles. The lowest BCUT2D eigenvalue weighted by Gasteiger charge is -2.30. The highest BCUT2D eigenvalue weighted by Gasteiger charge is 2.55. The van der Waals surface area contributed by atoms with Gasteiger partial charge in [0.05, 0.1) is 11.4 Å². The quantitative estimate of drug-likeness (QED) is 0.549. The number of carbonyl (C=O) groups is 1. The summed E-state index contributed by atoms with van der Waals surface area (Å²) in [5.41, 5.74) is -7.31. The minimum Gasteiger partial charge on any atom is -0.549 e. The molecule has 0 heterocycles. The minimum absolute atomic E-state index is 0.0258. The normalized spacial score (nSPS) is 31.3. The summed E-state index contributed by atoms with van der Waals surface area (Å²) in [4.78, 5) is 11.0. The van der Waals surface area contributed by atoms with Gasteiger partial charge in [-0.3, -0.25) is 0 Å². The number of halogens is 3. The first-order valence-corrected chi connectivity index (χ1v) is 6.44. The van der Waals surface area contributed by atoms with Gasteiger partial charge in [-0.25, -0.2) is 0 Å². The Hall–Kier alpha value is -1.25. The summed E-state index contributed by atoms with van der Waals surface area (Å²) >= 11 is 0. The fourth-order valence-corrected chi connectivity index (χ4v) is 2.93. The largest absolute Gasteiger partial charge is 0.549 e. The number of carboxylic acid groups (broad SMARTS) is 1. The van der Waals surface area contributed by atoms with E-state index in [1.54, 1.807) is 0 Å². The van der Waals surface area contributed by atoms with E-state index in [1.165, 1.54) is 0 Å². The molecule has 0 N–H and O–H groups in total. The molecule has 0 amide bonds. The van der Waals surface area contributed by atoms with E-state index in [0.717, 1.165) is 6.08 Å². The van der Waals surface area contributed by atoms with Gasteiger partial charge in [0.1, 0.15) is 5.76 Å². The average molecular weight is 285 g/mol. The van der Waals surface area contributed by atoms with Gasteiger partial charge in [0.2, 0.25) is 0 Å². The van der Waals surface area contributed by atoms with E-state index in [0.29, 0.717) is 6.42 Å². The van der Waals surface area contributed by atoms with Crippen LogP contribution in [0.1, 0.15) is 19.3 Å². The van der Waals surface area contributed by atoms with Crippen LogP contribution in [0.4, 0.5) is 13.2 Å². The van der Waals surface area contributed by atoms with Crippen LogP contribution in [0.25, 0.3) is 0 Å². The predicted octanol–water partition coefficient (Wildman–Crippen LogP) is 0.286. The standard InChI is InChI=1S/C9H9F3O5S/c10-9(11,12)18(15,16)17-6-3-5-1-2-8(6,4-5)7(13)14/h3,5H,1-2,4H2,(H,13,14)/p-1. The Morgan fingerprint density at radius 2 is 2.11 bits per heavy atom. The van der Waals surface area contributed by atoms with Gasteiger partial charge in [0.15, 0.2) is 0 Å². The zero-order chi connectivity index (χ0) is 13.8. The van der Waals surface area contributed by atoms with Crippen molar-refractivity contribution >= 4 is 16.1 Å². The van der Waals surface area contributed by atoms with Gasteiger partial charge in [0.25, 0.3) is 0 Å². The van der Waals surface area contributed by atoms with Crippen LogP contribution in [-0.2, 0) is 19.1 Å². The van der Waals surface area contributed by atoms with E-state index < -0.39 is 32.8 Å². The lowest BCUT2D eigenvalue weighted by molar-refractivity contribution is -0.317. The van der Waals surface area contributed by atoms with Crippen LogP contribution in [0, 0.1) is 11.3 Å². The molecule has 0 saturated heterocycles. The van der Waals surface area contributed by atoms with Gasteiger partial charge in [-0.2, -0.15) is 21.6 Å². The molecule has 0 radical (unpaired) electrons. The minimum atomic E-state index is -5.83. The monoisotopic (exact) mass is 285 g/mol. The second-order valence-electron chi connectivity index (χ2n) is 4.39. The van der Waals surface area contributed by atoms with Gasteiger partial charge in [-0.05, 0) is 31.3 Å². The third-order valence-electron chi connectivity index (χ3n) is 3.28. The number of hydrogen-bond acceptors (Lipinski definition) is 5. The van der Waals surface area contributed by atoms with E-state index in [-0.39, 0.29) is 18.8 Å².